The third-order valence-electron chi connectivity index (χ3n) is 3.51. The van der Waals surface area contributed by atoms with E-state index in [1.807, 2.05) is 0 Å². The first-order valence-corrected chi connectivity index (χ1v) is 6.66. The lowest BCUT2D eigenvalue weighted by molar-refractivity contribution is 0.486. The van der Waals surface area contributed by atoms with Crippen LogP contribution in [-0.4, -0.2) is 6.54 Å². The van der Waals surface area contributed by atoms with Crippen LogP contribution in [0.3, 0.4) is 0 Å². The number of fused-ring (bicyclic) bond motifs is 1. The van der Waals surface area contributed by atoms with Gasteiger partial charge in [0.15, 0.2) is 0 Å². The fourth-order valence-corrected chi connectivity index (χ4v) is 2.60. The molecule has 17 heavy (non-hydrogen) atoms. The molecule has 0 saturated carbocycles. The monoisotopic (exact) mass is 227 g/mol. The lowest BCUT2D eigenvalue weighted by Crippen LogP contribution is -2.22. The van der Waals surface area contributed by atoms with Crippen molar-refractivity contribution in [3.05, 3.63) is 35.4 Å². The minimum Gasteiger partial charge on any atom is -0.310 e. The van der Waals surface area contributed by atoms with Crippen molar-refractivity contribution in [3.63, 3.8) is 0 Å². The molecule has 1 aliphatic carbocycles. The van der Waals surface area contributed by atoms with Crippen molar-refractivity contribution in [1.29, 1.82) is 0 Å². The van der Waals surface area contributed by atoms with Crippen LogP contribution in [0.4, 0.5) is 0 Å². The summed E-state index contributed by atoms with van der Waals surface area (Å²) in [4.78, 5) is 0. The summed E-state index contributed by atoms with van der Waals surface area (Å²) in [6.07, 6.45) is 12.4. The van der Waals surface area contributed by atoms with Gasteiger partial charge in [-0.1, -0.05) is 30.7 Å². The van der Waals surface area contributed by atoms with Crippen molar-refractivity contribution in [3.8, 4) is 12.3 Å². The third-order valence-corrected chi connectivity index (χ3v) is 3.51. The van der Waals surface area contributed by atoms with Crippen LogP contribution in [-0.2, 0) is 6.42 Å². The molecule has 1 aromatic carbocycles. The molecule has 1 N–H and O–H groups in total. The summed E-state index contributed by atoms with van der Waals surface area (Å²) in [5, 5.41) is 3.66. The minimum absolute atomic E-state index is 0.534. The maximum atomic E-state index is 5.27. The van der Waals surface area contributed by atoms with Crippen LogP contribution in [0.1, 0.15) is 49.3 Å². The summed E-state index contributed by atoms with van der Waals surface area (Å²) in [6.45, 7) is 1.03. The van der Waals surface area contributed by atoms with Gasteiger partial charge in [-0.15, -0.1) is 12.3 Å². The molecular formula is C16H21N. The van der Waals surface area contributed by atoms with E-state index in [1.54, 1.807) is 0 Å². The highest BCUT2D eigenvalue weighted by Gasteiger charge is 2.16. The maximum Gasteiger partial charge on any atom is 0.0322 e. The van der Waals surface area contributed by atoms with Crippen molar-refractivity contribution in [1.82, 2.24) is 5.32 Å². The predicted octanol–water partition coefficient (Wildman–Crippen LogP) is 3.46. The Kier molecular flexibility index (Phi) is 4.64. The van der Waals surface area contributed by atoms with Gasteiger partial charge in [0.05, 0.1) is 0 Å². The first-order chi connectivity index (χ1) is 8.42. The molecule has 0 saturated heterocycles. The Labute approximate surface area is 105 Å². The van der Waals surface area contributed by atoms with E-state index in [2.05, 4.69) is 35.5 Å². The molecule has 0 spiro atoms. The molecule has 1 nitrogen and oxygen atoms in total. The topological polar surface area (TPSA) is 12.0 Å². The second kappa shape index (κ2) is 6.47. The highest BCUT2D eigenvalue weighted by Crippen LogP contribution is 2.28. The molecule has 0 amide bonds. The zero-order chi connectivity index (χ0) is 11.9. The number of hydrogen-bond acceptors (Lipinski definition) is 1. The van der Waals surface area contributed by atoms with Crippen LogP contribution >= 0.6 is 0 Å². The molecule has 1 unspecified atom stereocenters. The molecule has 0 aliphatic heterocycles. The van der Waals surface area contributed by atoms with E-state index in [4.69, 9.17) is 6.42 Å². The zero-order valence-electron chi connectivity index (χ0n) is 10.4. The van der Waals surface area contributed by atoms with E-state index >= 15 is 0 Å². The number of unbranched alkanes of at least 4 members (excludes halogenated alkanes) is 1. The second-order valence-electron chi connectivity index (χ2n) is 4.76. The van der Waals surface area contributed by atoms with Crippen LogP contribution in [0.2, 0.25) is 0 Å². The fraction of sp³-hybridized carbons (Fsp3) is 0.500. The van der Waals surface area contributed by atoms with Crippen molar-refractivity contribution < 1.29 is 0 Å². The lowest BCUT2D eigenvalue weighted by atomic mass is 9.99. The normalized spacial score (nSPS) is 19.1. The molecule has 0 radical (unpaired) electrons. The van der Waals surface area contributed by atoms with E-state index in [-0.39, 0.29) is 0 Å². The van der Waals surface area contributed by atoms with Gasteiger partial charge in [0.1, 0.15) is 0 Å². The minimum atomic E-state index is 0.534. The van der Waals surface area contributed by atoms with E-state index < -0.39 is 0 Å². The van der Waals surface area contributed by atoms with Crippen LogP contribution in [0.25, 0.3) is 0 Å². The largest absolute Gasteiger partial charge is 0.310 e. The maximum absolute atomic E-state index is 5.27. The Balaban J connectivity index is 1.99. The summed E-state index contributed by atoms with van der Waals surface area (Å²) >= 11 is 0. The summed E-state index contributed by atoms with van der Waals surface area (Å²) in [5.41, 5.74) is 3.03. The Morgan fingerprint density at radius 3 is 3.06 bits per heavy atom. The van der Waals surface area contributed by atoms with Gasteiger partial charge in [-0.2, -0.15) is 0 Å². The zero-order valence-corrected chi connectivity index (χ0v) is 10.4. The van der Waals surface area contributed by atoms with Gasteiger partial charge in [0.25, 0.3) is 0 Å². The number of aryl methyl sites for hydroxylation is 1. The average molecular weight is 227 g/mol. The molecule has 0 aromatic heterocycles. The van der Waals surface area contributed by atoms with Crippen molar-refractivity contribution in [2.24, 2.45) is 0 Å². The van der Waals surface area contributed by atoms with E-state index in [0.717, 1.165) is 19.4 Å². The molecular weight excluding hydrogens is 206 g/mol. The summed E-state index contributed by atoms with van der Waals surface area (Å²) in [5.74, 6) is 2.70. The van der Waals surface area contributed by atoms with Crippen molar-refractivity contribution >= 4 is 0 Å². The quantitative estimate of drug-likeness (QED) is 0.472. The smallest absolute Gasteiger partial charge is 0.0322 e. The van der Waals surface area contributed by atoms with Crippen LogP contribution < -0.4 is 5.32 Å². The molecule has 2 rings (SSSR count). The summed E-state index contributed by atoms with van der Waals surface area (Å²) < 4.78 is 0. The molecule has 1 heteroatoms. The standard InChI is InChI=1S/C16H21N/c1-2-3-8-13-17-16-12-7-5-10-14-9-4-6-11-15(14)16/h1,4,6,9,11,16-17H,3,5,7-8,10,12-13H2. The molecule has 0 fully saturated rings. The second-order valence-corrected chi connectivity index (χ2v) is 4.76. The van der Waals surface area contributed by atoms with Crippen LogP contribution in [0.15, 0.2) is 24.3 Å². The van der Waals surface area contributed by atoms with Crippen LogP contribution in [0, 0.1) is 12.3 Å². The molecule has 90 valence electrons. The van der Waals surface area contributed by atoms with Gasteiger partial charge in [0.2, 0.25) is 0 Å². The van der Waals surface area contributed by atoms with E-state index in [1.165, 1.54) is 36.8 Å². The number of terminal acetylenes is 1. The van der Waals surface area contributed by atoms with Gasteiger partial charge in [-0.05, 0) is 43.4 Å². The Hall–Kier alpha value is -1.26. The number of benzene rings is 1. The Morgan fingerprint density at radius 1 is 1.29 bits per heavy atom. The number of nitrogens with one attached hydrogen (secondary N) is 1. The molecule has 0 bridgehead atoms. The van der Waals surface area contributed by atoms with Gasteiger partial charge in [-0.3, -0.25) is 0 Å². The molecule has 0 heterocycles. The Morgan fingerprint density at radius 2 is 2.18 bits per heavy atom. The SMILES string of the molecule is C#CCCCNC1CCCCc2ccccc21. The van der Waals surface area contributed by atoms with Crippen LogP contribution in [0.5, 0.6) is 0 Å². The third kappa shape index (κ3) is 3.35. The summed E-state index contributed by atoms with van der Waals surface area (Å²) in [7, 11) is 0. The van der Waals surface area contributed by atoms with Crippen molar-refractivity contribution in [2.75, 3.05) is 6.54 Å². The lowest BCUT2D eigenvalue weighted by Gasteiger charge is -2.19. The van der Waals surface area contributed by atoms with E-state index in [0.29, 0.717) is 6.04 Å². The highest BCUT2D eigenvalue weighted by molar-refractivity contribution is 5.31. The number of rotatable bonds is 4. The summed E-state index contributed by atoms with van der Waals surface area (Å²) in [6, 6.07) is 9.39. The first-order valence-electron chi connectivity index (χ1n) is 6.66. The van der Waals surface area contributed by atoms with Gasteiger partial charge >= 0.3 is 0 Å². The fourth-order valence-electron chi connectivity index (χ4n) is 2.60. The molecule has 1 atom stereocenters. The average Bonchev–Trinajstić information content (AvgIpc) is 2.57. The van der Waals surface area contributed by atoms with Gasteiger partial charge in [0, 0.05) is 12.5 Å². The van der Waals surface area contributed by atoms with Gasteiger partial charge in [-0.25, -0.2) is 0 Å². The predicted molar refractivity (Wildman–Crippen MR) is 72.8 cm³/mol. The highest BCUT2D eigenvalue weighted by atomic mass is 14.9. The first kappa shape index (κ1) is 12.2. The molecule has 1 aromatic rings. The molecule has 1 aliphatic rings. The van der Waals surface area contributed by atoms with Crippen molar-refractivity contribution in [2.45, 2.75) is 44.6 Å². The number of hydrogen-bond donors (Lipinski definition) is 1. The van der Waals surface area contributed by atoms with Gasteiger partial charge < -0.3 is 5.32 Å². The van der Waals surface area contributed by atoms with E-state index in [9.17, 15) is 0 Å². The Bertz CT molecular complexity index is 389.